The molecule has 0 radical (unpaired) electrons. The summed E-state index contributed by atoms with van der Waals surface area (Å²) >= 11 is 0. The molecule has 3 heteroatoms. The van der Waals surface area contributed by atoms with Gasteiger partial charge in [-0.25, -0.2) is 0 Å². The summed E-state index contributed by atoms with van der Waals surface area (Å²) in [6, 6.07) is 6.66. The molecule has 1 aromatic carbocycles. The zero-order valence-corrected chi connectivity index (χ0v) is 11.0. The monoisotopic (exact) mass is 231 g/mol. The minimum Gasteiger partial charge on any atom is -0.356 e. The van der Waals surface area contributed by atoms with Gasteiger partial charge in [0.15, 0.2) is 5.96 Å². The molecule has 0 bridgehead atoms. The van der Waals surface area contributed by atoms with Crippen molar-refractivity contribution in [1.82, 2.24) is 10.2 Å². The van der Waals surface area contributed by atoms with Crippen LogP contribution in [0.3, 0.4) is 0 Å². The van der Waals surface area contributed by atoms with Crippen molar-refractivity contribution in [2.45, 2.75) is 20.3 Å². The van der Waals surface area contributed by atoms with Crippen molar-refractivity contribution in [1.29, 1.82) is 0 Å². The third kappa shape index (κ3) is 2.99. The van der Waals surface area contributed by atoms with Crippen LogP contribution in [-0.2, 0) is 6.42 Å². The van der Waals surface area contributed by atoms with Crippen molar-refractivity contribution < 1.29 is 0 Å². The Balaban J connectivity index is 1.86. The topological polar surface area (TPSA) is 27.6 Å². The molecule has 2 rings (SSSR count). The van der Waals surface area contributed by atoms with Gasteiger partial charge in [0.1, 0.15) is 0 Å². The van der Waals surface area contributed by atoms with Crippen molar-refractivity contribution >= 4 is 5.96 Å². The summed E-state index contributed by atoms with van der Waals surface area (Å²) in [5, 5.41) is 3.40. The van der Waals surface area contributed by atoms with Crippen LogP contribution in [-0.4, -0.2) is 37.5 Å². The molecule has 1 heterocycles. The third-order valence-electron chi connectivity index (χ3n) is 3.23. The largest absolute Gasteiger partial charge is 0.356 e. The van der Waals surface area contributed by atoms with Crippen LogP contribution < -0.4 is 5.32 Å². The highest BCUT2D eigenvalue weighted by molar-refractivity contribution is 5.81. The van der Waals surface area contributed by atoms with Gasteiger partial charge in [0.05, 0.1) is 6.54 Å². The lowest BCUT2D eigenvalue weighted by Crippen LogP contribution is -2.36. The molecule has 0 spiro atoms. The number of nitrogens with one attached hydrogen (secondary N) is 1. The summed E-state index contributed by atoms with van der Waals surface area (Å²) in [6.45, 7) is 7.22. The van der Waals surface area contributed by atoms with E-state index in [0.29, 0.717) is 0 Å². The number of rotatable bonds is 3. The van der Waals surface area contributed by atoms with Gasteiger partial charge < -0.3 is 10.2 Å². The van der Waals surface area contributed by atoms with Crippen molar-refractivity contribution in [3.05, 3.63) is 34.9 Å². The van der Waals surface area contributed by atoms with E-state index in [2.05, 4.69) is 54.3 Å². The normalized spacial score (nSPS) is 15.0. The first-order valence-corrected chi connectivity index (χ1v) is 6.22. The Bertz CT molecular complexity index is 423. The van der Waals surface area contributed by atoms with Crippen LogP contribution >= 0.6 is 0 Å². The van der Waals surface area contributed by atoms with E-state index in [4.69, 9.17) is 0 Å². The van der Waals surface area contributed by atoms with Gasteiger partial charge in [-0.2, -0.15) is 0 Å². The first-order chi connectivity index (χ1) is 8.16. The van der Waals surface area contributed by atoms with Crippen LogP contribution in [0.5, 0.6) is 0 Å². The molecule has 0 aromatic heterocycles. The quantitative estimate of drug-likeness (QED) is 0.858. The molecule has 92 valence electrons. The highest BCUT2D eigenvalue weighted by Crippen LogP contribution is 2.10. The molecule has 3 nitrogen and oxygen atoms in total. The summed E-state index contributed by atoms with van der Waals surface area (Å²) < 4.78 is 0. The lowest BCUT2D eigenvalue weighted by molar-refractivity contribution is 0.534. The summed E-state index contributed by atoms with van der Waals surface area (Å²) in [5.74, 6) is 1.04. The number of hydrogen-bond donors (Lipinski definition) is 1. The average Bonchev–Trinajstić information content (AvgIpc) is 2.68. The molecule has 0 saturated heterocycles. The Morgan fingerprint density at radius 1 is 1.35 bits per heavy atom. The maximum absolute atomic E-state index is 4.42. The standard InChI is InChI=1S/C14H21N3/c1-11-4-5-13(12(2)10-11)6-7-15-14-16-8-9-17(14)3/h4-5,10H,6-9H2,1-3H3,(H,15,16). The fraction of sp³-hybridized carbons (Fsp3) is 0.500. The first-order valence-electron chi connectivity index (χ1n) is 6.22. The molecule has 0 unspecified atom stereocenters. The number of nitrogens with zero attached hydrogens (tertiary/aromatic N) is 2. The minimum atomic E-state index is 0.919. The molecular weight excluding hydrogens is 210 g/mol. The Morgan fingerprint density at radius 3 is 2.82 bits per heavy atom. The van der Waals surface area contributed by atoms with Crippen molar-refractivity contribution in [3.63, 3.8) is 0 Å². The average molecular weight is 231 g/mol. The molecule has 0 saturated carbocycles. The molecule has 1 aromatic rings. The SMILES string of the molecule is Cc1ccc(CCNC2=NCCN2C)c(C)c1. The van der Waals surface area contributed by atoms with E-state index in [1.807, 2.05) is 0 Å². The van der Waals surface area contributed by atoms with Crippen molar-refractivity contribution in [2.24, 2.45) is 4.99 Å². The second-order valence-electron chi connectivity index (χ2n) is 4.73. The molecule has 0 aliphatic carbocycles. The van der Waals surface area contributed by atoms with Gasteiger partial charge in [-0.3, -0.25) is 4.99 Å². The Kier molecular flexibility index (Phi) is 3.67. The van der Waals surface area contributed by atoms with E-state index < -0.39 is 0 Å². The Hall–Kier alpha value is -1.51. The number of aryl methyl sites for hydroxylation is 2. The molecule has 1 aliphatic rings. The van der Waals surface area contributed by atoms with E-state index >= 15 is 0 Å². The number of guanidine groups is 1. The van der Waals surface area contributed by atoms with Crippen LogP contribution in [0.2, 0.25) is 0 Å². The highest BCUT2D eigenvalue weighted by atomic mass is 15.3. The van der Waals surface area contributed by atoms with E-state index in [-0.39, 0.29) is 0 Å². The first kappa shape index (κ1) is 12.0. The summed E-state index contributed by atoms with van der Waals surface area (Å²) in [5.41, 5.74) is 4.14. The van der Waals surface area contributed by atoms with Gasteiger partial charge in [0, 0.05) is 20.1 Å². The fourth-order valence-corrected chi connectivity index (χ4v) is 2.16. The van der Waals surface area contributed by atoms with E-state index in [0.717, 1.165) is 32.0 Å². The molecule has 0 fully saturated rings. The summed E-state index contributed by atoms with van der Waals surface area (Å²) in [4.78, 5) is 6.58. The molecular formula is C14H21N3. The predicted octanol–water partition coefficient (Wildman–Crippen LogP) is 1.74. The van der Waals surface area contributed by atoms with Crippen molar-refractivity contribution in [2.75, 3.05) is 26.7 Å². The van der Waals surface area contributed by atoms with Gasteiger partial charge in [0.25, 0.3) is 0 Å². The molecule has 1 aliphatic heterocycles. The van der Waals surface area contributed by atoms with E-state index in [9.17, 15) is 0 Å². The van der Waals surface area contributed by atoms with Gasteiger partial charge in [0.2, 0.25) is 0 Å². The lowest BCUT2D eigenvalue weighted by atomic mass is 10.0. The summed E-state index contributed by atoms with van der Waals surface area (Å²) in [7, 11) is 2.08. The minimum absolute atomic E-state index is 0.919. The van der Waals surface area contributed by atoms with Crippen LogP contribution in [0.4, 0.5) is 0 Å². The Morgan fingerprint density at radius 2 is 2.18 bits per heavy atom. The van der Waals surface area contributed by atoms with E-state index in [1.54, 1.807) is 0 Å². The van der Waals surface area contributed by atoms with Gasteiger partial charge >= 0.3 is 0 Å². The van der Waals surface area contributed by atoms with Crippen LogP contribution in [0.25, 0.3) is 0 Å². The fourth-order valence-electron chi connectivity index (χ4n) is 2.16. The maximum atomic E-state index is 4.42. The van der Waals surface area contributed by atoms with Crippen LogP contribution in [0.15, 0.2) is 23.2 Å². The smallest absolute Gasteiger partial charge is 0.193 e. The van der Waals surface area contributed by atoms with Gasteiger partial charge in [-0.05, 0) is 31.4 Å². The second kappa shape index (κ2) is 5.21. The molecule has 0 amide bonds. The Labute approximate surface area is 104 Å². The number of hydrogen-bond acceptors (Lipinski definition) is 3. The zero-order chi connectivity index (χ0) is 12.3. The van der Waals surface area contributed by atoms with Crippen LogP contribution in [0.1, 0.15) is 16.7 Å². The van der Waals surface area contributed by atoms with E-state index in [1.165, 1.54) is 16.7 Å². The highest BCUT2D eigenvalue weighted by Gasteiger charge is 2.10. The predicted molar refractivity (Wildman–Crippen MR) is 72.6 cm³/mol. The number of benzene rings is 1. The van der Waals surface area contributed by atoms with Crippen LogP contribution in [0, 0.1) is 13.8 Å². The number of aliphatic imine (C=N–C) groups is 1. The third-order valence-corrected chi connectivity index (χ3v) is 3.23. The number of likely N-dealkylation sites (N-methyl/N-ethyl adjacent to an activating group) is 1. The van der Waals surface area contributed by atoms with Gasteiger partial charge in [-0.15, -0.1) is 0 Å². The summed E-state index contributed by atoms with van der Waals surface area (Å²) in [6.07, 6.45) is 1.05. The molecule has 1 N–H and O–H groups in total. The lowest BCUT2D eigenvalue weighted by Gasteiger charge is -2.15. The zero-order valence-electron chi connectivity index (χ0n) is 11.0. The maximum Gasteiger partial charge on any atom is 0.193 e. The van der Waals surface area contributed by atoms with Gasteiger partial charge in [-0.1, -0.05) is 23.8 Å². The van der Waals surface area contributed by atoms with Crippen molar-refractivity contribution in [3.8, 4) is 0 Å². The molecule has 17 heavy (non-hydrogen) atoms. The molecule has 0 atom stereocenters. The second-order valence-corrected chi connectivity index (χ2v) is 4.73.